The van der Waals surface area contributed by atoms with Gasteiger partial charge in [-0.3, -0.25) is 14.4 Å². The van der Waals surface area contributed by atoms with Crippen molar-refractivity contribution in [1.82, 2.24) is 9.80 Å². The van der Waals surface area contributed by atoms with E-state index in [2.05, 4.69) is 13.2 Å². The molecule has 3 fully saturated rings. The number of nitrogens with zero attached hydrogens (tertiary/aromatic N) is 2. The fraction of sp³-hybridized carbons (Fsp3) is 0.594. The van der Waals surface area contributed by atoms with Crippen LogP contribution in [-0.4, -0.2) is 81.3 Å². The molecule has 1 aromatic rings. The lowest BCUT2D eigenvalue weighted by Gasteiger charge is -2.43. The topological polar surface area (TPSA) is 96.4 Å². The molecule has 6 atom stereocenters. The Balaban J connectivity index is 1.78. The molecule has 8 nitrogen and oxygen atoms in total. The monoisotopic (exact) mass is 552 g/mol. The number of carbonyl (C=O) groups excluding carboxylic acids is 3. The van der Waals surface area contributed by atoms with Crippen LogP contribution in [-0.2, 0) is 30.3 Å². The zero-order chi connectivity index (χ0) is 29.3. The van der Waals surface area contributed by atoms with Gasteiger partial charge in [-0.25, -0.2) is 0 Å². The Morgan fingerprint density at radius 3 is 2.52 bits per heavy atom. The summed E-state index contributed by atoms with van der Waals surface area (Å²) in [7, 11) is 0. The molecule has 2 bridgehead atoms. The third kappa shape index (κ3) is 5.12. The van der Waals surface area contributed by atoms with Crippen LogP contribution in [0.5, 0.6) is 0 Å². The first-order chi connectivity index (χ1) is 18.9. The van der Waals surface area contributed by atoms with Crippen molar-refractivity contribution in [2.75, 3.05) is 19.8 Å². The Hall–Kier alpha value is -2.97. The minimum absolute atomic E-state index is 0.224. The van der Waals surface area contributed by atoms with Gasteiger partial charge in [0, 0.05) is 12.1 Å². The maximum atomic E-state index is 14.6. The van der Waals surface area contributed by atoms with E-state index >= 15 is 0 Å². The Bertz CT molecular complexity index is 1130. The van der Waals surface area contributed by atoms with E-state index in [4.69, 9.17) is 9.47 Å². The number of fused-ring (bicyclic) bond motifs is 1. The molecule has 0 saturated carbocycles. The molecule has 1 spiro atoms. The molecule has 2 amide bonds. The third-order valence-electron chi connectivity index (χ3n) is 8.81. The third-order valence-corrected chi connectivity index (χ3v) is 8.81. The number of aliphatic hydroxyl groups excluding tert-OH is 1. The molecule has 218 valence electrons. The van der Waals surface area contributed by atoms with Crippen molar-refractivity contribution in [3.05, 3.63) is 61.2 Å². The molecule has 0 aliphatic carbocycles. The quantitative estimate of drug-likeness (QED) is 0.242. The normalized spacial score (nSPS) is 29.7. The molecule has 0 aromatic heterocycles. The van der Waals surface area contributed by atoms with Crippen LogP contribution >= 0.6 is 0 Å². The number of hydrogen-bond acceptors (Lipinski definition) is 6. The lowest BCUT2D eigenvalue weighted by Crippen LogP contribution is -2.62. The Labute approximate surface area is 238 Å². The van der Waals surface area contributed by atoms with E-state index < -0.39 is 46.6 Å². The smallest absolute Gasteiger partial charge is 0.312 e. The van der Waals surface area contributed by atoms with Crippen LogP contribution in [0.3, 0.4) is 0 Å². The van der Waals surface area contributed by atoms with Gasteiger partial charge in [0.1, 0.15) is 17.6 Å². The summed E-state index contributed by atoms with van der Waals surface area (Å²) in [5.41, 5.74) is -1.74. The molecule has 4 rings (SSSR count). The summed E-state index contributed by atoms with van der Waals surface area (Å²) < 4.78 is 12.4. The highest BCUT2D eigenvalue weighted by Crippen LogP contribution is 2.64. The predicted octanol–water partition coefficient (Wildman–Crippen LogP) is 3.68. The van der Waals surface area contributed by atoms with Crippen LogP contribution in [0.15, 0.2) is 55.6 Å². The number of allylic oxidation sites excluding steroid dienone is 1. The van der Waals surface area contributed by atoms with Crippen LogP contribution in [0.25, 0.3) is 0 Å². The summed E-state index contributed by atoms with van der Waals surface area (Å²) in [6, 6.07) is 7.92. The van der Waals surface area contributed by atoms with E-state index in [1.807, 2.05) is 58.0 Å². The van der Waals surface area contributed by atoms with Crippen LogP contribution < -0.4 is 0 Å². The summed E-state index contributed by atoms with van der Waals surface area (Å²) in [4.78, 5) is 45.8. The standard InChI is InChI=1S/C32H44N2O6/c1-7-9-13-19-39-29(38)25-24-27(36)34(23(21-35)20-22-14-11-10-12-15-22)26(32(24)17-16-31(25,6)40-32)28(37)33(18-8-2)30(3,4)5/h7-8,10-12,14-15,23-26,35H,1-2,9,13,16-21H2,3-6H3/t23-,24+,25-,26?,31+,32?/m1/s1. The summed E-state index contributed by atoms with van der Waals surface area (Å²) in [6.07, 6.45) is 6.15. The number of unbranched alkanes of at least 4 members (excludes halogenated alkanes) is 1. The SMILES string of the molecule is C=CCCCOC(=O)[C@H]1[C@H]2C(=O)N([C@@H](CO)Cc3ccccc3)C(C(=O)N(CC=C)C(C)(C)C)C23CC[C@]1(C)O3. The van der Waals surface area contributed by atoms with E-state index in [0.29, 0.717) is 32.1 Å². The molecular formula is C32H44N2O6. The zero-order valence-electron chi connectivity index (χ0n) is 24.3. The van der Waals surface area contributed by atoms with Gasteiger partial charge < -0.3 is 24.4 Å². The fourth-order valence-electron chi connectivity index (χ4n) is 6.99. The second kappa shape index (κ2) is 11.5. The van der Waals surface area contributed by atoms with Crippen molar-refractivity contribution in [3.8, 4) is 0 Å². The number of esters is 1. The Morgan fingerprint density at radius 2 is 1.93 bits per heavy atom. The van der Waals surface area contributed by atoms with Crippen LogP contribution in [0, 0.1) is 11.8 Å². The molecular weight excluding hydrogens is 508 g/mol. The van der Waals surface area contributed by atoms with Gasteiger partial charge in [0.2, 0.25) is 11.8 Å². The second-order valence-electron chi connectivity index (χ2n) is 12.5. The number of hydrogen-bond donors (Lipinski definition) is 1. The molecule has 3 aliphatic rings. The van der Waals surface area contributed by atoms with Crippen LogP contribution in [0.4, 0.5) is 0 Å². The van der Waals surface area contributed by atoms with Gasteiger partial charge in [-0.15, -0.1) is 13.2 Å². The summed E-state index contributed by atoms with van der Waals surface area (Å²) in [5, 5.41) is 10.6. The molecule has 0 radical (unpaired) electrons. The highest BCUT2D eigenvalue weighted by molar-refractivity contribution is 5.99. The van der Waals surface area contributed by atoms with Crippen LogP contribution in [0.1, 0.15) is 58.9 Å². The molecule has 3 saturated heterocycles. The molecule has 3 aliphatic heterocycles. The van der Waals surface area contributed by atoms with Crippen molar-refractivity contribution >= 4 is 17.8 Å². The number of aliphatic hydroxyl groups is 1. The molecule has 1 aromatic carbocycles. The van der Waals surface area contributed by atoms with Crippen molar-refractivity contribution in [1.29, 1.82) is 0 Å². The van der Waals surface area contributed by atoms with E-state index in [9.17, 15) is 19.5 Å². The maximum absolute atomic E-state index is 14.6. The minimum Gasteiger partial charge on any atom is -0.465 e. The number of likely N-dealkylation sites (tertiary alicyclic amines) is 1. The van der Waals surface area contributed by atoms with Crippen molar-refractivity contribution in [3.63, 3.8) is 0 Å². The van der Waals surface area contributed by atoms with Gasteiger partial charge in [0.05, 0.1) is 30.8 Å². The van der Waals surface area contributed by atoms with Gasteiger partial charge in [-0.05, 0) is 65.4 Å². The predicted molar refractivity (Wildman–Crippen MR) is 152 cm³/mol. The first kappa shape index (κ1) is 30.0. The van der Waals surface area contributed by atoms with Gasteiger partial charge in [-0.1, -0.05) is 42.5 Å². The average molecular weight is 553 g/mol. The number of benzene rings is 1. The number of amides is 2. The highest BCUT2D eigenvalue weighted by atomic mass is 16.6. The zero-order valence-corrected chi connectivity index (χ0v) is 24.3. The second-order valence-corrected chi connectivity index (χ2v) is 12.5. The fourth-order valence-corrected chi connectivity index (χ4v) is 6.99. The first-order valence-electron chi connectivity index (χ1n) is 14.3. The number of carbonyl (C=O) groups is 3. The van der Waals surface area contributed by atoms with Gasteiger partial charge >= 0.3 is 5.97 Å². The van der Waals surface area contributed by atoms with Crippen molar-refractivity contribution < 1.29 is 29.0 Å². The molecule has 8 heteroatoms. The van der Waals surface area contributed by atoms with E-state index in [1.54, 1.807) is 17.1 Å². The largest absolute Gasteiger partial charge is 0.465 e. The Kier molecular flexibility index (Phi) is 8.62. The molecule has 3 heterocycles. The van der Waals surface area contributed by atoms with E-state index in [0.717, 1.165) is 5.56 Å². The number of rotatable bonds is 12. The van der Waals surface area contributed by atoms with Gasteiger partial charge in [-0.2, -0.15) is 0 Å². The summed E-state index contributed by atoms with van der Waals surface area (Å²) >= 11 is 0. The van der Waals surface area contributed by atoms with Crippen molar-refractivity contribution in [2.24, 2.45) is 11.8 Å². The van der Waals surface area contributed by atoms with Crippen LogP contribution in [0.2, 0.25) is 0 Å². The Morgan fingerprint density at radius 1 is 1.23 bits per heavy atom. The summed E-state index contributed by atoms with van der Waals surface area (Å²) in [6.45, 7) is 15.4. The molecule has 2 unspecified atom stereocenters. The molecule has 40 heavy (non-hydrogen) atoms. The molecule has 1 N–H and O–H groups in total. The van der Waals surface area contributed by atoms with Crippen molar-refractivity contribution in [2.45, 2.75) is 88.6 Å². The van der Waals surface area contributed by atoms with Gasteiger partial charge in [0.25, 0.3) is 0 Å². The van der Waals surface area contributed by atoms with Gasteiger partial charge in [0.15, 0.2) is 0 Å². The maximum Gasteiger partial charge on any atom is 0.312 e. The average Bonchev–Trinajstić information content (AvgIpc) is 3.48. The van der Waals surface area contributed by atoms with E-state index in [1.165, 1.54) is 4.90 Å². The highest BCUT2D eigenvalue weighted by Gasteiger charge is 2.79. The first-order valence-corrected chi connectivity index (χ1v) is 14.3. The summed E-state index contributed by atoms with van der Waals surface area (Å²) in [5.74, 6) is -2.78. The number of ether oxygens (including phenoxy) is 2. The minimum atomic E-state index is -1.19. The lowest BCUT2D eigenvalue weighted by molar-refractivity contribution is -0.163. The lowest BCUT2D eigenvalue weighted by atomic mass is 9.66. The van der Waals surface area contributed by atoms with E-state index in [-0.39, 0.29) is 31.6 Å².